The number of fused-ring (bicyclic) bond motifs is 2. The first-order valence-corrected chi connectivity index (χ1v) is 9.42. The summed E-state index contributed by atoms with van der Waals surface area (Å²) in [5.41, 5.74) is 8.00. The lowest BCUT2D eigenvalue weighted by Gasteiger charge is -2.43. The van der Waals surface area contributed by atoms with Crippen molar-refractivity contribution in [3.8, 4) is 0 Å². The molecule has 1 aromatic rings. The van der Waals surface area contributed by atoms with E-state index in [0.717, 1.165) is 31.2 Å². The molecule has 0 aromatic heterocycles. The fourth-order valence-electron chi connectivity index (χ4n) is 4.40. The van der Waals surface area contributed by atoms with Crippen molar-refractivity contribution in [2.45, 2.75) is 45.1 Å². The summed E-state index contributed by atoms with van der Waals surface area (Å²) in [7, 11) is 0. The van der Waals surface area contributed by atoms with E-state index in [4.69, 9.17) is 5.73 Å². The summed E-state index contributed by atoms with van der Waals surface area (Å²) in [4.78, 5) is 24.5. The van der Waals surface area contributed by atoms with E-state index in [9.17, 15) is 9.59 Å². The van der Waals surface area contributed by atoms with Crippen LogP contribution in [0.15, 0.2) is 24.3 Å². The molecule has 0 aliphatic heterocycles. The molecule has 2 unspecified atom stereocenters. The zero-order valence-electron chi connectivity index (χ0n) is 15.0. The number of hydrogen-bond acceptors (Lipinski definition) is 3. The number of nitrogens with one attached hydrogen (secondary N) is 2. The van der Waals surface area contributed by atoms with Crippen LogP contribution in [-0.2, 0) is 4.79 Å². The maximum Gasteiger partial charge on any atom is 0.251 e. The summed E-state index contributed by atoms with van der Waals surface area (Å²) in [5, 5.41) is 5.84. The highest BCUT2D eigenvalue weighted by Crippen LogP contribution is 2.41. The normalized spacial score (nSPS) is 28.2. The van der Waals surface area contributed by atoms with Crippen LogP contribution in [0.5, 0.6) is 0 Å². The molecular formula is C20H29N3O2. The van der Waals surface area contributed by atoms with Crippen LogP contribution in [0.2, 0.25) is 0 Å². The Hall–Kier alpha value is -1.88. The van der Waals surface area contributed by atoms with Crippen LogP contribution in [0, 0.1) is 24.7 Å². The van der Waals surface area contributed by atoms with Gasteiger partial charge in [0, 0.05) is 30.6 Å². The molecule has 0 heterocycles. The van der Waals surface area contributed by atoms with E-state index < -0.39 is 0 Å². The van der Waals surface area contributed by atoms with Crippen LogP contribution in [0.1, 0.15) is 48.0 Å². The predicted octanol–water partition coefficient (Wildman–Crippen LogP) is 1.99. The molecule has 2 atom stereocenters. The molecule has 2 aliphatic carbocycles. The van der Waals surface area contributed by atoms with Gasteiger partial charge in [-0.05, 0) is 56.6 Å². The van der Waals surface area contributed by atoms with Crippen molar-refractivity contribution in [1.29, 1.82) is 0 Å². The Morgan fingerprint density at radius 1 is 1.12 bits per heavy atom. The molecular weight excluding hydrogens is 314 g/mol. The number of aryl methyl sites for hydroxylation is 1. The second-order valence-corrected chi connectivity index (χ2v) is 7.61. The van der Waals surface area contributed by atoms with Crippen LogP contribution >= 0.6 is 0 Å². The first-order valence-electron chi connectivity index (χ1n) is 9.42. The third kappa shape index (κ3) is 4.40. The maximum atomic E-state index is 12.4. The zero-order valence-corrected chi connectivity index (χ0v) is 15.0. The van der Waals surface area contributed by atoms with E-state index in [1.807, 2.05) is 25.1 Å². The molecule has 2 aliphatic rings. The van der Waals surface area contributed by atoms with Crippen molar-refractivity contribution in [3.63, 3.8) is 0 Å². The summed E-state index contributed by atoms with van der Waals surface area (Å²) in [6, 6.07) is 7.77. The first kappa shape index (κ1) is 17.9. The lowest BCUT2D eigenvalue weighted by atomic mass is 9.65. The number of rotatable bonds is 5. The van der Waals surface area contributed by atoms with E-state index in [2.05, 4.69) is 10.6 Å². The van der Waals surface area contributed by atoms with Gasteiger partial charge in [-0.25, -0.2) is 0 Å². The summed E-state index contributed by atoms with van der Waals surface area (Å²) < 4.78 is 0. The van der Waals surface area contributed by atoms with Crippen LogP contribution in [0.25, 0.3) is 0 Å². The summed E-state index contributed by atoms with van der Waals surface area (Å²) in [5.74, 6) is 1.11. The van der Waals surface area contributed by atoms with Crippen LogP contribution in [-0.4, -0.2) is 30.9 Å². The quantitative estimate of drug-likeness (QED) is 0.715. The van der Waals surface area contributed by atoms with E-state index >= 15 is 0 Å². The molecule has 1 aromatic carbocycles. The number of hydrogen-bond donors (Lipinski definition) is 3. The predicted molar refractivity (Wildman–Crippen MR) is 98.1 cm³/mol. The van der Waals surface area contributed by atoms with Crippen molar-refractivity contribution >= 4 is 11.8 Å². The van der Waals surface area contributed by atoms with Gasteiger partial charge < -0.3 is 16.4 Å². The Bertz CT molecular complexity index is 617. The standard InChI is InChI=1S/C20H29N3O2/c1-13-4-2-7-16(10-13)19(24)22-8-9-23-20(25)17-11-14-5-3-6-15(12-17)18(14)21/h2,4,7,10,14-15,17-18H,3,5-6,8-9,11-12,21H2,1H3,(H,22,24)(H,23,25). The van der Waals surface area contributed by atoms with Crippen LogP contribution < -0.4 is 16.4 Å². The lowest BCUT2D eigenvalue weighted by molar-refractivity contribution is -0.127. The zero-order chi connectivity index (χ0) is 17.8. The maximum absolute atomic E-state index is 12.4. The van der Waals surface area contributed by atoms with Gasteiger partial charge in [-0.3, -0.25) is 9.59 Å². The van der Waals surface area contributed by atoms with E-state index in [1.165, 1.54) is 6.42 Å². The van der Waals surface area contributed by atoms with Crippen molar-refractivity contribution in [3.05, 3.63) is 35.4 Å². The highest BCUT2D eigenvalue weighted by Gasteiger charge is 2.40. The summed E-state index contributed by atoms with van der Waals surface area (Å²) >= 11 is 0. The van der Waals surface area contributed by atoms with Crippen LogP contribution in [0.3, 0.4) is 0 Å². The first-order chi connectivity index (χ1) is 12.0. The fraction of sp³-hybridized carbons (Fsp3) is 0.600. The van der Waals surface area contributed by atoms with E-state index in [-0.39, 0.29) is 23.8 Å². The van der Waals surface area contributed by atoms with Gasteiger partial charge >= 0.3 is 0 Å². The molecule has 0 saturated heterocycles. The average Bonchev–Trinajstić information content (AvgIpc) is 2.58. The second kappa shape index (κ2) is 8.00. The topological polar surface area (TPSA) is 84.2 Å². The number of nitrogens with two attached hydrogens (primary N) is 1. The smallest absolute Gasteiger partial charge is 0.251 e. The van der Waals surface area contributed by atoms with Crippen LogP contribution in [0.4, 0.5) is 0 Å². The van der Waals surface area contributed by atoms with Crippen molar-refractivity contribution < 1.29 is 9.59 Å². The molecule has 0 radical (unpaired) electrons. The molecule has 2 saturated carbocycles. The third-order valence-corrected chi connectivity index (χ3v) is 5.77. The van der Waals surface area contributed by atoms with Gasteiger partial charge in [0.25, 0.3) is 5.91 Å². The summed E-state index contributed by atoms with van der Waals surface area (Å²) in [6.45, 7) is 2.87. The Balaban J connectivity index is 1.40. The minimum Gasteiger partial charge on any atom is -0.354 e. The van der Waals surface area contributed by atoms with E-state index in [1.54, 1.807) is 6.07 Å². The van der Waals surface area contributed by atoms with Crippen molar-refractivity contribution in [2.75, 3.05) is 13.1 Å². The number of benzene rings is 1. The SMILES string of the molecule is Cc1cccc(C(=O)NCCNC(=O)C2CC3CCCC(C2)C3N)c1. The molecule has 2 fully saturated rings. The van der Waals surface area contributed by atoms with Gasteiger partial charge in [0.05, 0.1) is 0 Å². The van der Waals surface area contributed by atoms with Gasteiger partial charge in [-0.15, -0.1) is 0 Å². The molecule has 25 heavy (non-hydrogen) atoms. The summed E-state index contributed by atoms with van der Waals surface area (Å²) in [6.07, 6.45) is 5.41. The van der Waals surface area contributed by atoms with Crippen molar-refractivity contribution in [1.82, 2.24) is 10.6 Å². The van der Waals surface area contributed by atoms with Gasteiger partial charge in [0.1, 0.15) is 0 Å². The largest absolute Gasteiger partial charge is 0.354 e. The van der Waals surface area contributed by atoms with Gasteiger partial charge in [-0.2, -0.15) is 0 Å². The van der Waals surface area contributed by atoms with Gasteiger partial charge in [0.15, 0.2) is 0 Å². The second-order valence-electron chi connectivity index (χ2n) is 7.61. The van der Waals surface area contributed by atoms with Crippen molar-refractivity contribution in [2.24, 2.45) is 23.5 Å². The van der Waals surface area contributed by atoms with Gasteiger partial charge in [0.2, 0.25) is 5.91 Å². The molecule has 4 N–H and O–H groups in total. The lowest BCUT2D eigenvalue weighted by Crippen LogP contribution is -2.49. The Labute approximate surface area is 149 Å². The van der Waals surface area contributed by atoms with E-state index in [0.29, 0.717) is 30.5 Å². The molecule has 2 amide bonds. The third-order valence-electron chi connectivity index (χ3n) is 5.77. The highest BCUT2D eigenvalue weighted by atomic mass is 16.2. The molecule has 136 valence electrons. The highest BCUT2D eigenvalue weighted by molar-refractivity contribution is 5.94. The monoisotopic (exact) mass is 343 g/mol. The number of amides is 2. The Morgan fingerprint density at radius 3 is 2.48 bits per heavy atom. The molecule has 0 spiro atoms. The Kier molecular flexibility index (Phi) is 5.74. The molecule has 5 heteroatoms. The Morgan fingerprint density at radius 2 is 1.80 bits per heavy atom. The minimum atomic E-state index is -0.101. The molecule has 3 rings (SSSR count). The fourth-order valence-corrected chi connectivity index (χ4v) is 4.40. The average molecular weight is 343 g/mol. The molecule has 2 bridgehead atoms. The van der Waals surface area contributed by atoms with Gasteiger partial charge in [-0.1, -0.05) is 24.1 Å². The molecule has 5 nitrogen and oxygen atoms in total. The number of carbonyl (C=O) groups is 2. The number of carbonyl (C=O) groups excluding carboxylic acids is 2. The minimum absolute atomic E-state index is 0.0857.